The van der Waals surface area contributed by atoms with Gasteiger partial charge in [-0.25, -0.2) is 9.97 Å². The SMILES string of the molecule is CC[C@H](C)c1ccc(NC(=O)[C@@H](C)Sc2ncccn2)cc1. The van der Waals surface area contributed by atoms with Gasteiger partial charge in [-0.05, 0) is 43.0 Å². The number of nitrogens with one attached hydrogen (secondary N) is 1. The largest absolute Gasteiger partial charge is 0.325 e. The minimum absolute atomic E-state index is 0.0475. The molecule has 5 heteroatoms. The maximum absolute atomic E-state index is 12.2. The second-order valence-corrected chi connectivity index (χ2v) is 6.52. The predicted molar refractivity (Wildman–Crippen MR) is 91.1 cm³/mol. The van der Waals surface area contributed by atoms with Crippen LogP contribution in [0.25, 0.3) is 0 Å². The molecule has 1 aromatic heterocycles. The molecule has 1 aromatic carbocycles. The van der Waals surface area contributed by atoms with Crippen molar-refractivity contribution < 1.29 is 4.79 Å². The number of rotatable bonds is 6. The molecule has 1 heterocycles. The number of hydrogen-bond donors (Lipinski definition) is 1. The average Bonchev–Trinajstić information content (AvgIpc) is 2.55. The zero-order valence-electron chi connectivity index (χ0n) is 13.1. The van der Waals surface area contributed by atoms with Gasteiger partial charge in [-0.1, -0.05) is 37.7 Å². The van der Waals surface area contributed by atoms with Gasteiger partial charge in [-0.3, -0.25) is 4.79 Å². The Kier molecular flexibility index (Phi) is 5.95. The van der Waals surface area contributed by atoms with E-state index < -0.39 is 0 Å². The Morgan fingerprint density at radius 3 is 2.41 bits per heavy atom. The minimum atomic E-state index is -0.253. The van der Waals surface area contributed by atoms with Crippen LogP contribution in [0.1, 0.15) is 38.7 Å². The number of anilines is 1. The van der Waals surface area contributed by atoms with E-state index in [4.69, 9.17) is 0 Å². The third-order valence-electron chi connectivity index (χ3n) is 3.55. The molecule has 0 spiro atoms. The van der Waals surface area contributed by atoms with Crippen LogP contribution in [0.3, 0.4) is 0 Å². The van der Waals surface area contributed by atoms with Gasteiger partial charge >= 0.3 is 0 Å². The second-order valence-electron chi connectivity index (χ2n) is 5.21. The van der Waals surface area contributed by atoms with Crippen LogP contribution < -0.4 is 5.32 Å². The summed E-state index contributed by atoms with van der Waals surface area (Å²) in [6.45, 7) is 6.22. The summed E-state index contributed by atoms with van der Waals surface area (Å²) in [7, 11) is 0. The third kappa shape index (κ3) is 4.56. The normalized spacial score (nSPS) is 13.4. The van der Waals surface area contributed by atoms with Gasteiger partial charge in [0, 0.05) is 18.1 Å². The van der Waals surface area contributed by atoms with E-state index in [1.54, 1.807) is 18.5 Å². The van der Waals surface area contributed by atoms with Crippen molar-refractivity contribution >= 4 is 23.4 Å². The van der Waals surface area contributed by atoms with Gasteiger partial charge < -0.3 is 5.32 Å². The first-order valence-corrected chi connectivity index (χ1v) is 8.32. The van der Waals surface area contributed by atoms with E-state index in [2.05, 4.69) is 41.3 Å². The first-order valence-electron chi connectivity index (χ1n) is 7.44. The number of nitrogens with zero attached hydrogens (tertiary/aromatic N) is 2. The maximum atomic E-state index is 12.2. The van der Waals surface area contributed by atoms with Crippen LogP contribution in [0.4, 0.5) is 5.69 Å². The topological polar surface area (TPSA) is 54.9 Å². The van der Waals surface area contributed by atoms with E-state index in [9.17, 15) is 4.79 Å². The number of aromatic nitrogens is 2. The molecule has 0 unspecified atom stereocenters. The van der Waals surface area contributed by atoms with Crippen molar-refractivity contribution in [1.82, 2.24) is 9.97 Å². The summed E-state index contributed by atoms with van der Waals surface area (Å²) in [5, 5.41) is 3.29. The molecule has 0 aliphatic carbocycles. The zero-order chi connectivity index (χ0) is 15.9. The fourth-order valence-electron chi connectivity index (χ4n) is 1.93. The molecule has 1 amide bonds. The summed E-state index contributed by atoms with van der Waals surface area (Å²) < 4.78 is 0. The summed E-state index contributed by atoms with van der Waals surface area (Å²) in [5.74, 6) is 0.489. The highest BCUT2D eigenvalue weighted by Gasteiger charge is 2.16. The van der Waals surface area contributed by atoms with Crippen molar-refractivity contribution in [2.75, 3.05) is 5.32 Å². The number of carbonyl (C=O) groups excluding carboxylic acids is 1. The van der Waals surface area contributed by atoms with Crippen molar-refractivity contribution in [1.29, 1.82) is 0 Å². The Labute approximate surface area is 135 Å². The predicted octanol–water partition coefficient (Wildman–Crippen LogP) is 4.11. The third-order valence-corrected chi connectivity index (χ3v) is 4.54. The van der Waals surface area contributed by atoms with Crippen LogP contribution in [0, 0.1) is 0 Å². The molecule has 0 saturated carbocycles. The molecule has 0 fully saturated rings. The first kappa shape index (κ1) is 16.5. The molecular weight excluding hydrogens is 294 g/mol. The number of carbonyl (C=O) groups is 1. The summed E-state index contributed by atoms with van der Waals surface area (Å²) in [5.41, 5.74) is 2.11. The summed E-state index contributed by atoms with van der Waals surface area (Å²) >= 11 is 1.35. The van der Waals surface area contributed by atoms with Crippen LogP contribution in [0.5, 0.6) is 0 Å². The van der Waals surface area contributed by atoms with Crippen molar-refractivity contribution in [2.24, 2.45) is 0 Å². The lowest BCUT2D eigenvalue weighted by molar-refractivity contribution is -0.115. The highest BCUT2D eigenvalue weighted by atomic mass is 32.2. The Bertz CT molecular complexity index is 601. The van der Waals surface area contributed by atoms with Crippen LogP contribution >= 0.6 is 11.8 Å². The minimum Gasteiger partial charge on any atom is -0.325 e. The molecule has 2 aromatic rings. The molecule has 0 radical (unpaired) electrons. The van der Waals surface area contributed by atoms with E-state index >= 15 is 0 Å². The van der Waals surface area contributed by atoms with Gasteiger partial charge in [0.15, 0.2) is 5.16 Å². The summed E-state index contributed by atoms with van der Waals surface area (Å²) in [6.07, 6.45) is 4.46. The summed E-state index contributed by atoms with van der Waals surface area (Å²) in [4.78, 5) is 20.4. The van der Waals surface area contributed by atoms with E-state index in [1.807, 2.05) is 19.1 Å². The van der Waals surface area contributed by atoms with Crippen LogP contribution in [-0.4, -0.2) is 21.1 Å². The Hall–Kier alpha value is -1.88. The van der Waals surface area contributed by atoms with E-state index in [1.165, 1.54) is 17.3 Å². The molecule has 0 aliphatic rings. The average molecular weight is 315 g/mol. The lowest BCUT2D eigenvalue weighted by Gasteiger charge is -2.13. The van der Waals surface area contributed by atoms with E-state index in [0.29, 0.717) is 11.1 Å². The lowest BCUT2D eigenvalue weighted by atomic mass is 9.99. The molecule has 0 aliphatic heterocycles. The van der Waals surface area contributed by atoms with E-state index in [0.717, 1.165) is 12.1 Å². The Morgan fingerprint density at radius 1 is 1.18 bits per heavy atom. The Morgan fingerprint density at radius 2 is 1.82 bits per heavy atom. The van der Waals surface area contributed by atoms with Gasteiger partial charge in [0.05, 0.1) is 5.25 Å². The fraction of sp³-hybridized carbons (Fsp3) is 0.353. The van der Waals surface area contributed by atoms with Gasteiger partial charge in [-0.15, -0.1) is 0 Å². The molecule has 0 bridgehead atoms. The Balaban J connectivity index is 1.93. The molecular formula is C17H21N3OS. The molecule has 116 valence electrons. The van der Waals surface area contributed by atoms with Gasteiger partial charge in [0.25, 0.3) is 0 Å². The smallest absolute Gasteiger partial charge is 0.237 e. The summed E-state index contributed by atoms with van der Waals surface area (Å²) in [6, 6.07) is 9.81. The number of thioether (sulfide) groups is 1. The fourth-order valence-corrected chi connectivity index (χ4v) is 2.66. The molecule has 1 N–H and O–H groups in total. The second kappa shape index (κ2) is 7.94. The van der Waals surface area contributed by atoms with Crippen molar-refractivity contribution in [3.63, 3.8) is 0 Å². The van der Waals surface area contributed by atoms with Gasteiger partial charge in [0.2, 0.25) is 5.91 Å². The standard InChI is InChI=1S/C17H21N3OS/c1-4-12(2)14-6-8-15(9-7-14)20-16(21)13(3)22-17-18-10-5-11-19-17/h5-13H,4H2,1-3H3,(H,20,21)/t12-,13+/m0/s1. The molecule has 4 nitrogen and oxygen atoms in total. The number of benzene rings is 1. The molecule has 22 heavy (non-hydrogen) atoms. The van der Waals surface area contributed by atoms with Crippen LogP contribution in [0.15, 0.2) is 47.9 Å². The molecule has 2 atom stereocenters. The highest BCUT2D eigenvalue weighted by Crippen LogP contribution is 2.22. The van der Waals surface area contributed by atoms with Crippen LogP contribution in [-0.2, 0) is 4.79 Å². The van der Waals surface area contributed by atoms with Crippen molar-refractivity contribution in [3.8, 4) is 0 Å². The van der Waals surface area contributed by atoms with Gasteiger partial charge in [-0.2, -0.15) is 0 Å². The van der Waals surface area contributed by atoms with E-state index in [-0.39, 0.29) is 11.2 Å². The quantitative estimate of drug-likeness (QED) is 0.644. The zero-order valence-corrected chi connectivity index (χ0v) is 13.9. The van der Waals surface area contributed by atoms with Gasteiger partial charge in [0.1, 0.15) is 0 Å². The molecule has 2 rings (SSSR count). The number of hydrogen-bond acceptors (Lipinski definition) is 4. The van der Waals surface area contributed by atoms with Crippen molar-refractivity contribution in [3.05, 3.63) is 48.3 Å². The highest BCUT2D eigenvalue weighted by molar-refractivity contribution is 8.00. The number of amides is 1. The maximum Gasteiger partial charge on any atom is 0.237 e. The first-order chi connectivity index (χ1) is 10.6. The molecule has 0 saturated heterocycles. The van der Waals surface area contributed by atoms with Crippen molar-refractivity contribution in [2.45, 2.75) is 43.5 Å². The lowest BCUT2D eigenvalue weighted by Crippen LogP contribution is -2.22. The monoisotopic (exact) mass is 315 g/mol. The van der Waals surface area contributed by atoms with Crippen LogP contribution in [0.2, 0.25) is 0 Å².